The SMILES string of the molecule is CCOC(=O)[C@H](CO)c1nc2c([nH]c1=O)c(=O)n(C)c(=O)n2C. The summed E-state index contributed by atoms with van der Waals surface area (Å²) in [7, 11) is 2.64. The van der Waals surface area contributed by atoms with Gasteiger partial charge in [0.1, 0.15) is 11.6 Å². The summed E-state index contributed by atoms with van der Waals surface area (Å²) in [6.07, 6.45) is 0. The number of aliphatic hydroxyl groups is 1. The fourth-order valence-corrected chi connectivity index (χ4v) is 2.17. The fraction of sp³-hybridized carbons (Fsp3) is 0.462. The summed E-state index contributed by atoms with van der Waals surface area (Å²) in [5, 5.41) is 9.37. The molecule has 2 N–H and O–H groups in total. The molecule has 0 bridgehead atoms. The number of aliphatic hydroxyl groups excluding tert-OH is 1. The molecule has 0 radical (unpaired) electrons. The number of hydrogen-bond acceptors (Lipinski definition) is 7. The number of ether oxygens (including phenoxy) is 1. The molecule has 2 rings (SSSR count). The summed E-state index contributed by atoms with van der Waals surface area (Å²) in [6, 6.07) is 0. The first-order valence-electron chi connectivity index (χ1n) is 6.80. The van der Waals surface area contributed by atoms with Gasteiger partial charge in [-0.15, -0.1) is 0 Å². The van der Waals surface area contributed by atoms with Gasteiger partial charge in [0, 0.05) is 14.1 Å². The summed E-state index contributed by atoms with van der Waals surface area (Å²) >= 11 is 0. The highest BCUT2D eigenvalue weighted by Crippen LogP contribution is 2.12. The van der Waals surface area contributed by atoms with Crippen LogP contribution in [0.1, 0.15) is 18.5 Å². The van der Waals surface area contributed by atoms with Gasteiger partial charge in [0.25, 0.3) is 11.1 Å². The predicted octanol–water partition coefficient (Wildman–Crippen LogP) is -2.04. The number of nitrogens with one attached hydrogen (secondary N) is 1. The van der Waals surface area contributed by atoms with Crippen molar-refractivity contribution in [3.63, 3.8) is 0 Å². The summed E-state index contributed by atoms with van der Waals surface area (Å²) in [4.78, 5) is 54.2. The number of aryl methyl sites for hydroxylation is 1. The van der Waals surface area contributed by atoms with Gasteiger partial charge in [-0.05, 0) is 6.92 Å². The van der Waals surface area contributed by atoms with Crippen LogP contribution in [-0.2, 0) is 23.6 Å². The van der Waals surface area contributed by atoms with Crippen LogP contribution >= 0.6 is 0 Å². The quantitative estimate of drug-likeness (QED) is 0.618. The lowest BCUT2D eigenvalue weighted by Gasteiger charge is -2.13. The number of carbonyl (C=O) groups is 1. The standard InChI is InChI=1S/C13H16N4O6/c1-4-23-12(21)6(5-18)7-10(19)15-8-9(14-7)16(2)13(22)17(3)11(8)20/h6,18H,4-5H2,1-3H3,(H,15,19)/t6-/m1/s1. The summed E-state index contributed by atoms with van der Waals surface area (Å²) in [5.41, 5.74) is -2.72. The minimum atomic E-state index is -1.30. The average molecular weight is 324 g/mol. The molecule has 10 nitrogen and oxygen atoms in total. The highest BCUT2D eigenvalue weighted by atomic mass is 16.5. The maximum Gasteiger partial charge on any atom is 0.332 e. The van der Waals surface area contributed by atoms with Gasteiger partial charge in [-0.2, -0.15) is 0 Å². The van der Waals surface area contributed by atoms with Crippen molar-refractivity contribution in [2.24, 2.45) is 14.1 Å². The van der Waals surface area contributed by atoms with Crippen LogP contribution in [-0.4, -0.2) is 43.4 Å². The number of rotatable bonds is 4. The van der Waals surface area contributed by atoms with Crippen LogP contribution in [0.5, 0.6) is 0 Å². The summed E-state index contributed by atoms with van der Waals surface area (Å²) in [5.74, 6) is -2.12. The second kappa shape index (κ2) is 6.16. The van der Waals surface area contributed by atoms with E-state index in [9.17, 15) is 24.3 Å². The smallest absolute Gasteiger partial charge is 0.332 e. The van der Waals surface area contributed by atoms with Gasteiger partial charge in [-0.25, -0.2) is 9.78 Å². The molecule has 0 amide bonds. The summed E-state index contributed by atoms with van der Waals surface area (Å²) < 4.78 is 6.68. The topological polar surface area (TPSA) is 136 Å². The Bertz CT molecular complexity index is 938. The molecular formula is C13H16N4O6. The largest absolute Gasteiger partial charge is 0.465 e. The van der Waals surface area contributed by atoms with Crippen LogP contribution in [0.3, 0.4) is 0 Å². The van der Waals surface area contributed by atoms with E-state index < -0.39 is 35.3 Å². The molecule has 0 saturated heterocycles. The number of hydrogen-bond donors (Lipinski definition) is 2. The van der Waals surface area contributed by atoms with Gasteiger partial charge in [0.2, 0.25) is 0 Å². The third-order valence-corrected chi connectivity index (χ3v) is 3.41. The Balaban J connectivity index is 2.80. The van der Waals surface area contributed by atoms with E-state index >= 15 is 0 Å². The van der Waals surface area contributed by atoms with Crippen molar-refractivity contribution in [2.45, 2.75) is 12.8 Å². The highest BCUT2D eigenvalue weighted by Gasteiger charge is 2.27. The molecule has 1 atom stereocenters. The van der Waals surface area contributed by atoms with Crippen LogP contribution < -0.4 is 16.8 Å². The molecule has 0 fully saturated rings. The zero-order valence-corrected chi connectivity index (χ0v) is 12.8. The van der Waals surface area contributed by atoms with Gasteiger partial charge >= 0.3 is 11.7 Å². The molecule has 0 aliphatic carbocycles. The van der Waals surface area contributed by atoms with Crippen LogP contribution in [0.4, 0.5) is 0 Å². The third-order valence-electron chi connectivity index (χ3n) is 3.41. The van der Waals surface area contributed by atoms with Crippen LogP contribution in [0.15, 0.2) is 14.4 Å². The van der Waals surface area contributed by atoms with E-state index in [0.29, 0.717) is 0 Å². The van der Waals surface area contributed by atoms with Gasteiger partial charge < -0.3 is 14.8 Å². The molecule has 0 aliphatic rings. The molecule has 2 aromatic heterocycles. The first-order valence-corrected chi connectivity index (χ1v) is 6.80. The fourth-order valence-electron chi connectivity index (χ4n) is 2.17. The van der Waals surface area contributed by atoms with Gasteiger partial charge in [0.15, 0.2) is 11.2 Å². The van der Waals surface area contributed by atoms with E-state index in [1.54, 1.807) is 6.92 Å². The number of esters is 1. The second-order valence-corrected chi connectivity index (χ2v) is 4.84. The molecule has 0 spiro atoms. The number of aromatic nitrogens is 4. The van der Waals surface area contributed by atoms with Crippen molar-refractivity contribution in [1.82, 2.24) is 19.1 Å². The predicted molar refractivity (Wildman–Crippen MR) is 79.3 cm³/mol. The van der Waals surface area contributed by atoms with Crippen LogP contribution in [0.25, 0.3) is 11.2 Å². The molecule has 2 aromatic rings. The maximum atomic E-state index is 12.1. The number of nitrogens with zero attached hydrogens (tertiary/aromatic N) is 3. The molecule has 124 valence electrons. The van der Waals surface area contributed by atoms with E-state index in [1.165, 1.54) is 14.1 Å². The Hall–Kier alpha value is -2.75. The maximum absolute atomic E-state index is 12.1. The Morgan fingerprint density at radius 3 is 2.52 bits per heavy atom. The molecule has 23 heavy (non-hydrogen) atoms. The minimum absolute atomic E-state index is 0.0693. The normalized spacial score (nSPS) is 12.3. The van der Waals surface area contributed by atoms with E-state index in [1.807, 2.05) is 0 Å². The van der Waals surface area contributed by atoms with Gasteiger partial charge in [-0.1, -0.05) is 0 Å². The van der Waals surface area contributed by atoms with Crippen molar-refractivity contribution in [3.8, 4) is 0 Å². The van der Waals surface area contributed by atoms with E-state index in [2.05, 4.69) is 9.97 Å². The number of aromatic amines is 1. The lowest BCUT2D eigenvalue weighted by molar-refractivity contribution is -0.146. The first-order chi connectivity index (χ1) is 10.8. The van der Waals surface area contributed by atoms with Crippen molar-refractivity contribution >= 4 is 17.1 Å². The third kappa shape index (κ3) is 2.68. The van der Waals surface area contributed by atoms with Gasteiger partial charge in [-0.3, -0.25) is 23.5 Å². The van der Waals surface area contributed by atoms with E-state index in [-0.39, 0.29) is 23.5 Å². The summed E-state index contributed by atoms with van der Waals surface area (Å²) in [6.45, 7) is 0.955. The monoisotopic (exact) mass is 324 g/mol. The van der Waals surface area contributed by atoms with Crippen molar-refractivity contribution < 1.29 is 14.6 Å². The molecule has 0 saturated carbocycles. The molecule has 10 heteroatoms. The van der Waals surface area contributed by atoms with Crippen molar-refractivity contribution in [2.75, 3.05) is 13.2 Å². The van der Waals surface area contributed by atoms with Gasteiger partial charge in [0.05, 0.1) is 13.2 Å². The Morgan fingerprint density at radius 1 is 1.30 bits per heavy atom. The average Bonchev–Trinajstić information content (AvgIpc) is 2.53. The number of fused-ring (bicyclic) bond motifs is 1. The second-order valence-electron chi connectivity index (χ2n) is 4.84. The van der Waals surface area contributed by atoms with Crippen molar-refractivity contribution in [3.05, 3.63) is 36.9 Å². The Labute approximate surface area is 129 Å². The lowest BCUT2D eigenvalue weighted by atomic mass is 10.1. The molecule has 0 unspecified atom stereocenters. The highest BCUT2D eigenvalue weighted by molar-refractivity contribution is 5.78. The Morgan fingerprint density at radius 2 is 1.96 bits per heavy atom. The zero-order valence-electron chi connectivity index (χ0n) is 12.8. The molecule has 0 aliphatic heterocycles. The number of H-pyrrole nitrogens is 1. The Kier molecular flexibility index (Phi) is 4.45. The molecule has 2 heterocycles. The lowest BCUT2D eigenvalue weighted by Crippen LogP contribution is -2.39. The zero-order chi connectivity index (χ0) is 17.3. The molecular weight excluding hydrogens is 308 g/mol. The number of carbonyl (C=O) groups excluding carboxylic acids is 1. The van der Waals surface area contributed by atoms with Crippen molar-refractivity contribution in [1.29, 1.82) is 0 Å². The first kappa shape index (κ1) is 16.6. The van der Waals surface area contributed by atoms with E-state index in [0.717, 1.165) is 9.13 Å². The van der Waals surface area contributed by atoms with E-state index in [4.69, 9.17) is 4.74 Å². The van der Waals surface area contributed by atoms with Crippen LogP contribution in [0, 0.1) is 0 Å². The minimum Gasteiger partial charge on any atom is -0.465 e. The van der Waals surface area contributed by atoms with Crippen LogP contribution in [0.2, 0.25) is 0 Å². The molecule has 0 aromatic carbocycles.